The van der Waals surface area contributed by atoms with Crippen LogP contribution in [0.2, 0.25) is 0 Å². The highest BCUT2D eigenvalue weighted by molar-refractivity contribution is 7.99. The molecule has 0 radical (unpaired) electrons. The van der Waals surface area contributed by atoms with E-state index in [1.54, 1.807) is 7.11 Å². The number of rotatable bonds is 3. The summed E-state index contributed by atoms with van der Waals surface area (Å²) in [5.74, 6) is 1.89. The lowest BCUT2D eigenvalue weighted by Crippen LogP contribution is -2.35. The molecule has 4 rings (SSSR count). The Hall–Kier alpha value is -1.65. The van der Waals surface area contributed by atoms with Gasteiger partial charge in [-0.3, -0.25) is 4.90 Å². The topological polar surface area (TPSA) is 32.7 Å². The van der Waals surface area contributed by atoms with E-state index in [9.17, 15) is 5.11 Å². The first-order valence-electron chi connectivity index (χ1n) is 8.53. The van der Waals surface area contributed by atoms with Crippen molar-refractivity contribution < 1.29 is 9.84 Å². The van der Waals surface area contributed by atoms with Crippen molar-refractivity contribution in [2.24, 2.45) is 0 Å². The maximum atomic E-state index is 10.8. The van der Waals surface area contributed by atoms with E-state index in [1.165, 1.54) is 27.1 Å². The smallest absolute Gasteiger partial charge is 0.165 e. The molecule has 0 bridgehead atoms. The van der Waals surface area contributed by atoms with Gasteiger partial charge in [0.05, 0.1) is 7.11 Å². The molecule has 0 unspecified atom stereocenters. The molecule has 1 atom stereocenters. The summed E-state index contributed by atoms with van der Waals surface area (Å²) in [5.41, 5.74) is 6.22. The zero-order chi connectivity index (χ0) is 16.8. The van der Waals surface area contributed by atoms with Crippen LogP contribution >= 0.6 is 11.8 Å². The van der Waals surface area contributed by atoms with Crippen molar-refractivity contribution in [3.63, 3.8) is 0 Å². The number of phenols is 1. The van der Waals surface area contributed by atoms with Gasteiger partial charge in [-0.2, -0.15) is 0 Å². The summed E-state index contributed by atoms with van der Waals surface area (Å²) in [6.07, 6.45) is 2.02. The van der Waals surface area contributed by atoms with Gasteiger partial charge in [0.1, 0.15) is 0 Å². The summed E-state index contributed by atoms with van der Waals surface area (Å²) in [6, 6.07) is 9.02. The van der Waals surface area contributed by atoms with Crippen molar-refractivity contribution in [1.29, 1.82) is 0 Å². The fourth-order valence-electron chi connectivity index (χ4n) is 4.13. The van der Waals surface area contributed by atoms with E-state index in [-0.39, 0.29) is 5.75 Å². The maximum Gasteiger partial charge on any atom is 0.165 e. The Morgan fingerprint density at radius 2 is 2.12 bits per heavy atom. The average Bonchev–Trinajstić information content (AvgIpc) is 2.58. The van der Waals surface area contributed by atoms with Crippen LogP contribution < -0.4 is 4.74 Å². The van der Waals surface area contributed by atoms with Crippen LogP contribution in [-0.4, -0.2) is 36.5 Å². The highest BCUT2D eigenvalue weighted by Crippen LogP contribution is 2.51. The van der Waals surface area contributed by atoms with Crippen LogP contribution in [0, 0.1) is 0 Å². The number of fused-ring (bicyclic) bond motifs is 2. The molecule has 3 nitrogen and oxygen atoms in total. The van der Waals surface area contributed by atoms with Crippen LogP contribution in [0.4, 0.5) is 0 Å². The number of hydrogen-bond acceptors (Lipinski definition) is 4. The largest absolute Gasteiger partial charge is 0.504 e. The first-order valence-corrected chi connectivity index (χ1v) is 9.51. The van der Waals surface area contributed by atoms with E-state index in [0.29, 0.717) is 11.8 Å². The molecule has 1 N–H and O–H groups in total. The van der Waals surface area contributed by atoms with Crippen molar-refractivity contribution in [2.45, 2.75) is 30.7 Å². The van der Waals surface area contributed by atoms with Crippen LogP contribution in [0.15, 0.2) is 29.2 Å². The molecule has 2 aromatic rings. The summed E-state index contributed by atoms with van der Waals surface area (Å²) >= 11 is 1.87. The van der Waals surface area contributed by atoms with Crippen molar-refractivity contribution in [3.8, 4) is 22.6 Å². The molecule has 1 aliphatic carbocycles. The first kappa shape index (κ1) is 15.9. The minimum atomic E-state index is 0.280. The summed E-state index contributed by atoms with van der Waals surface area (Å²) in [5, 5.41) is 10.8. The maximum absolute atomic E-state index is 10.8. The second-order valence-corrected chi connectivity index (χ2v) is 7.92. The molecule has 4 heteroatoms. The van der Waals surface area contributed by atoms with Crippen molar-refractivity contribution >= 4 is 11.8 Å². The number of methoxy groups -OCH3 is 1. The Kier molecular flexibility index (Phi) is 3.97. The third kappa shape index (κ3) is 2.32. The molecular formula is C20H23NO2S. The van der Waals surface area contributed by atoms with E-state index in [4.69, 9.17) is 4.74 Å². The average molecular weight is 341 g/mol. The molecule has 1 aliphatic heterocycles. The molecule has 0 spiro atoms. The van der Waals surface area contributed by atoms with E-state index in [2.05, 4.69) is 37.1 Å². The number of aromatic hydroxyl groups is 1. The van der Waals surface area contributed by atoms with E-state index < -0.39 is 0 Å². The Balaban J connectivity index is 2.00. The van der Waals surface area contributed by atoms with Gasteiger partial charge in [-0.1, -0.05) is 13.0 Å². The number of thioether (sulfide) groups is 1. The van der Waals surface area contributed by atoms with Gasteiger partial charge in [-0.05, 0) is 66.1 Å². The van der Waals surface area contributed by atoms with Crippen molar-refractivity contribution in [1.82, 2.24) is 4.90 Å². The Bertz CT molecular complexity index is 803. The number of nitrogens with zero attached hydrogens (tertiary/aromatic N) is 1. The quantitative estimate of drug-likeness (QED) is 0.846. The summed E-state index contributed by atoms with van der Waals surface area (Å²) < 4.78 is 5.36. The van der Waals surface area contributed by atoms with Crippen molar-refractivity contribution in [2.75, 3.05) is 26.5 Å². The minimum absolute atomic E-state index is 0.280. The van der Waals surface area contributed by atoms with E-state index in [0.717, 1.165) is 30.7 Å². The number of hydrogen-bond donors (Lipinski definition) is 1. The lowest BCUT2D eigenvalue weighted by atomic mass is 9.77. The van der Waals surface area contributed by atoms with Gasteiger partial charge in [-0.25, -0.2) is 0 Å². The molecule has 126 valence electrons. The highest BCUT2D eigenvalue weighted by atomic mass is 32.2. The normalized spacial score (nSPS) is 18.9. The molecular weight excluding hydrogens is 318 g/mol. The van der Waals surface area contributed by atoms with E-state index >= 15 is 0 Å². The Morgan fingerprint density at radius 1 is 1.29 bits per heavy atom. The standard InChI is InChI=1S/C20H23NO2S/c1-4-24-14-9-13-7-8-21(2)16-10-12-5-6-17(23-3)20(22)19(12)15(11-14)18(13)16/h5-6,9,11,16,22H,4,7-8,10H2,1-3H3/t16-/m1/s1. The summed E-state index contributed by atoms with van der Waals surface area (Å²) in [7, 11) is 3.82. The van der Waals surface area contributed by atoms with Crippen LogP contribution in [-0.2, 0) is 12.8 Å². The van der Waals surface area contributed by atoms with Gasteiger partial charge >= 0.3 is 0 Å². The molecule has 2 aromatic carbocycles. The SMILES string of the molecule is CCSc1cc2c3c(c1)-c1c(ccc(OC)c1O)C[C@H]3N(C)CC2. The number of ether oxygens (including phenoxy) is 1. The lowest BCUT2D eigenvalue weighted by Gasteiger charge is -2.40. The summed E-state index contributed by atoms with van der Waals surface area (Å²) in [6.45, 7) is 3.27. The third-order valence-electron chi connectivity index (χ3n) is 5.28. The van der Waals surface area contributed by atoms with E-state index in [1.807, 2.05) is 17.8 Å². The highest BCUT2D eigenvalue weighted by Gasteiger charge is 2.34. The summed E-state index contributed by atoms with van der Waals surface area (Å²) in [4.78, 5) is 3.74. The third-order valence-corrected chi connectivity index (χ3v) is 6.14. The van der Waals surface area contributed by atoms with Gasteiger partial charge in [0.2, 0.25) is 0 Å². The molecule has 0 saturated carbocycles. The zero-order valence-corrected chi connectivity index (χ0v) is 15.2. The lowest BCUT2D eigenvalue weighted by molar-refractivity contribution is 0.227. The van der Waals surface area contributed by atoms with Gasteiger partial charge in [0, 0.05) is 23.0 Å². The zero-order valence-electron chi connectivity index (χ0n) is 14.4. The van der Waals surface area contributed by atoms with Crippen LogP contribution in [0.25, 0.3) is 11.1 Å². The van der Waals surface area contributed by atoms with Gasteiger partial charge in [0.15, 0.2) is 11.5 Å². The number of phenolic OH excluding ortho intramolecular Hbond substituents is 1. The number of benzene rings is 2. The van der Waals surface area contributed by atoms with Crippen molar-refractivity contribution in [3.05, 3.63) is 41.0 Å². The molecule has 0 aromatic heterocycles. The Labute approximate surface area is 147 Å². The fraction of sp³-hybridized carbons (Fsp3) is 0.400. The number of likely N-dealkylation sites (N-methyl/N-ethyl adjacent to an activating group) is 1. The van der Waals surface area contributed by atoms with Gasteiger partial charge in [-0.15, -0.1) is 11.8 Å². The second-order valence-electron chi connectivity index (χ2n) is 6.58. The molecule has 0 saturated heterocycles. The second kappa shape index (κ2) is 6.01. The molecule has 2 aliphatic rings. The van der Waals surface area contributed by atoms with Gasteiger partial charge < -0.3 is 9.84 Å². The Morgan fingerprint density at radius 3 is 2.88 bits per heavy atom. The fourth-order valence-corrected chi connectivity index (χ4v) is 4.89. The first-order chi connectivity index (χ1) is 11.6. The molecule has 1 heterocycles. The monoisotopic (exact) mass is 341 g/mol. The van der Waals surface area contributed by atoms with Crippen LogP contribution in [0.1, 0.15) is 29.7 Å². The minimum Gasteiger partial charge on any atom is -0.504 e. The van der Waals surface area contributed by atoms with Crippen LogP contribution in [0.5, 0.6) is 11.5 Å². The molecule has 24 heavy (non-hydrogen) atoms. The van der Waals surface area contributed by atoms with Crippen LogP contribution in [0.3, 0.4) is 0 Å². The molecule has 0 amide bonds. The predicted octanol–water partition coefficient (Wildman–Crippen LogP) is 4.26. The molecule has 0 fully saturated rings. The predicted molar refractivity (Wildman–Crippen MR) is 99.3 cm³/mol. The van der Waals surface area contributed by atoms with Gasteiger partial charge in [0.25, 0.3) is 0 Å².